The largest absolute Gasteiger partial charge is 0.502 e. The molecule has 2 aromatic rings. The van der Waals surface area contributed by atoms with Crippen molar-refractivity contribution >= 4 is 0 Å². The molecular weight excluding hydrogens is 416 g/mol. The Balaban J connectivity index is 2.36. The van der Waals surface area contributed by atoms with E-state index in [-0.39, 0.29) is 41.5 Å². The van der Waals surface area contributed by atoms with Crippen LogP contribution in [-0.4, -0.2) is 54.1 Å². The zero-order valence-corrected chi connectivity index (χ0v) is 19.8. The van der Waals surface area contributed by atoms with Gasteiger partial charge in [0.05, 0.1) is 41.7 Å². The van der Waals surface area contributed by atoms with E-state index in [1.165, 1.54) is 14.2 Å². The maximum atomic E-state index is 10.4. The lowest BCUT2D eigenvalue weighted by Crippen LogP contribution is -2.17. The molecule has 4 atom stereocenters. The molecule has 1 saturated heterocycles. The van der Waals surface area contributed by atoms with Gasteiger partial charge in [-0.25, -0.2) is 0 Å². The highest BCUT2D eigenvalue weighted by Crippen LogP contribution is 2.54. The molecule has 8 heteroatoms. The Morgan fingerprint density at radius 1 is 0.719 bits per heavy atom. The number of aromatic hydroxyl groups is 1. The second-order valence-corrected chi connectivity index (χ2v) is 7.72. The zero-order chi connectivity index (χ0) is 23.6. The first kappa shape index (κ1) is 23.8. The van der Waals surface area contributed by atoms with Crippen molar-refractivity contribution in [1.29, 1.82) is 0 Å². The number of phenolic OH excluding ortho intramolecular Hbond substituents is 1. The first-order valence-corrected chi connectivity index (χ1v) is 10.3. The Labute approximate surface area is 188 Å². The molecule has 0 saturated carbocycles. The molecule has 0 aromatic heterocycles. The quantitative estimate of drug-likeness (QED) is 0.635. The summed E-state index contributed by atoms with van der Waals surface area (Å²) in [5, 5.41) is 10.4. The lowest BCUT2D eigenvalue weighted by molar-refractivity contribution is -0.130. The van der Waals surface area contributed by atoms with E-state index >= 15 is 0 Å². The number of hydrogen-bond donors (Lipinski definition) is 1. The third-order valence-corrected chi connectivity index (χ3v) is 6.18. The van der Waals surface area contributed by atoms with Gasteiger partial charge in [-0.2, -0.15) is 0 Å². The number of phenols is 1. The molecule has 0 unspecified atom stereocenters. The highest BCUT2D eigenvalue weighted by molar-refractivity contribution is 5.82. The summed E-state index contributed by atoms with van der Waals surface area (Å²) >= 11 is 0. The Hall–Kier alpha value is -2.84. The lowest BCUT2D eigenvalue weighted by Gasteiger charge is -2.25. The smallest absolute Gasteiger partial charge is 0.203 e. The van der Waals surface area contributed by atoms with Gasteiger partial charge >= 0.3 is 0 Å². The molecule has 8 nitrogen and oxygen atoms in total. The van der Waals surface area contributed by atoms with Crippen LogP contribution in [0.4, 0.5) is 0 Å². The van der Waals surface area contributed by atoms with Gasteiger partial charge < -0.3 is 38.3 Å². The van der Waals surface area contributed by atoms with Crippen LogP contribution in [0.5, 0.6) is 34.5 Å². The minimum absolute atomic E-state index is 0.0849. The van der Waals surface area contributed by atoms with Crippen LogP contribution in [0.25, 0.3) is 11.1 Å². The van der Waals surface area contributed by atoms with E-state index < -0.39 is 0 Å². The van der Waals surface area contributed by atoms with Gasteiger partial charge in [0.1, 0.15) is 0 Å². The number of benzene rings is 2. The second-order valence-electron chi connectivity index (χ2n) is 7.72. The minimum atomic E-state index is -0.342. The van der Waals surface area contributed by atoms with Gasteiger partial charge in [-0.05, 0) is 35.2 Å². The van der Waals surface area contributed by atoms with Crippen molar-refractivity contribution in [2.24, 2.45) is 11.8 Å². The van der Waals surface area contributed by atoms with Gasteiger partial charge in [-0.3, -0.25) is 0 Å². The third kappa shape index (κ3) is 3.89. The molecule has 0 aliphatic carbocycles. The Kier molecular flexibility index (Phi) is 7.26. The van der Waals surface area contributed by atoms with Crippen LogP contribution in [0.15, 0.2) is 18.2 Å². The standard InChI is InChI=1S/C24H32O8/c1-12-13(2)24(31-8)32-21(12)15-11-18(28-5)22(29-6)23(30-7)19(15)14-9-16(26-3)20(25)17(10-14)27-4/h9-13,21,24-25H,1-8H3/t12-,13-,21-,24+/m1/s1. The molecule has 32 heavy (non-hydrogen) atoms. The molecule has 1 fully saturated rings. The van der Waals surface area contributed by atoms with Crippen molar-refractivity contribution in [1.82, 2.24) is 0 Å². The Bertz CT molecular complexity index is 932. The van der Waals surface area contributed by atoms with Crippen molar-refractivity contribution in [2.75, 3.05) is 42.7 Å². The highest BCUT2D eigenvalue weighted by Gasteiger charge is 2.42. The van der Waals surface area contributed by atoms with Gasteiger partial charge in [0.25, 0.3) is 0 Å². The van der Waals surface area contributed by atoms with Crippen LogP contribution in [0.3, 0.4) is 0 Å². The van der Waals surface area contributed by atoms with E-state index in [4.69, 9.17) is 33.2 Å². The molecule has 0 spiro atoms. The van der Waals surface area contributed by atoms with Crippen molar-refractivity contribution in [3.8, 4) is 45.6 Å². The second kappa shape index (κ2) is 9.75. The average molecular weight is 449 g/mol. The van der Waals surface area contributed by atoms with Crippen LogP contribution in [0.1, 0.15) is 25.5 Å². The fourth-order valence-electron chi connectivity index (χ4n) is 4.28. The van der Waals surface area contributed by atoms with Gasteiger partial charge in [-0.15, -0.1) is 0 Å². The molecule has 0 radical (unpaired) electrons. The van der Waals surface area contributed by atoms with Gasteiger partial charge in [0.15, 0.2) is 29.3 Å². The molecule has 0 amide bonds. The van der Waals surface area contributed by atoms with Crippen molar-refractivity contribution < 1.29 is 38.3 Å². The molecule has 1 heterocycles. The van der Waals surface area contributed by atoms with E-state index in [0.717, 1.165) is 11.1 Å². The summed E-state index contributed by atoms with van der Waals surface area (Å²) in [7, 11) is 9.31. The molecule has 176 valence electrons. The van der Waals surface area contributed by atoms with Crippen LogP contribution in [-0.2, 0) is 9.47 Å². The first-order chi connectivity index (χ1) is 15.4. The third-order valence-electron chi connectivity index (χ3n) is 6.18. The van der Waals surface area contributed by atoms with Crippen LogP contribution in [0.2, 0.25) is 0 Å². The van der Waals surface area contributed by atoms with Gasteiger partial charge in [0.2, 0.25) is 11.5 Å². The van der Waals surface area contributed by atoms with Crippen molar-refractivity contribution in [3.05, 3.63) is 23.8 Å². The van der Waals surface area contributed by atoms with Gasteiger partial charge in [0, 0.05) is 18.6 Å². The summed E-state index contributed by atoms with van der Waals surface area (Å²) in [5.41, 5.74) is 2.27. The van der Waals surface area contributed by atoms with Crippen molar-refractivity contribution in [3.63, 3.8) is 0 Å². The number of ether oxygens (including phenoxy) is 7. The average Bonchev–Trinajstić information content (AvgIpc) is 3.11. The summed E-state index contributed by atoms with van der Waals surface area (Å²) in [6.07, 6.45) is -0.643. The fourth-order valence-corrected chi connectivity index (χ4v) is 4.28. The molecule has 3 rings (SSSR count). The monoisotopic (exact) mass is 448 g/mol. The number of hydrogen-bond acceptors (Lipinski definition) is 8. The normalized spacial score (nSPS) is 22.5. The molecule has 0 bridgehead atoms. The zero-order valence-electron chi connectivity index (χ0n) is 19.8. The van der Waals surface area contributed by atoms with E-state index in [2.05, 4.69) is 13.8 Å². The molecule has 1 N–H and O–H groups in total. The summed E-state index contributed by atoms with van der Waals surface area (Å²) < 4.78 is 39.7. The highest BCUT2D eigenvalue weighted by atomic mass is 16.7. The van der Waals surface area contributed by atoms with Crippen LogP contribution >= 0.6 is 0 Å². The SMILES string of the molecule is COc1cc(-c2c([C@@H]3O[C@H](OC)[C@H](C)[C@H]3C)cc(OC)c(OC)c2OC)cc(OC)c1O. The first-order valence-electron chi connectivity index (χ1n) is 10.3. The maximum absolute atomic E-state index is 10.4. The van der Waals surface area contributed by atoms with E-state index in [1.54, 1.807) is 40.6 Å². The van der Waals surface area contributed by atoms with Gasteiger partial charge in [-0.1, -0.05) is 13.8 Å². The number of rotatable bonds is 8. The number of methoxy groups -OCH3 is 6. The molecule has 2 aromatic carbocycles. The summed E-state index contributed by atoms with van der Waals surface area (Å²) in [6, 6.07) is 5.35. The molecule has 1 aliphatic heterocycles. The summed E-state index contributed by atoms with van der Waals surface area (Å²) in [6.45, 7) is 4.22. The van der Waals surface area contributed by atoms with E-state index in [1.807, 2.05) is 6.07 Å². The predicted molar refractivity (Wildman–Crippen MR) is 119 cm³/mol. The van der Waals surface area contributed by atoms with Crippen molar-refractivity contribution in [2.45, 2.75) is 26.2 Å². The Morgan fingerprint density at radius 3 is 1.72 bits per heavy atom. The summed E-state index contributed by atoms with van der Waals surface area (Å²) in [5.74, 6) is 2.20. The Morgan fingerprint density at radius 2 is 1.28 bits per heavy atom. The van der Waals surface area contributed by atoms with E-state index in [0.29, 0.717) is 22.8 Å². The maximum Gasteiger partial charge on any atom is 0.203 e. The fraction of sp³-hybridized carbons (Fsp3) is 0.500. The summed E-state index contributed by atoms with van der Waals surface area (Å²) in [4.78, 5) is 0. The molecular formula is C24H32O8. The topological polar surface area (TPSA) is 84.8 Å². The van der Waals surface area contributed by atoms with Crippen LogP contribution in [0, 0.1) is 11.8 Å². The predicted octanol–water partition coefficient (Wildman–Crippen LogP) is 4.42. The van der Waals surface area contributed by atoms with Crippen LogP contribution < -0.4 is 23.7 Å². The molecule has 1 aliphatic rings. The van der Waals surface area contributed by atoms with E-state index in [9.17, 15) is 5.11 Å². The minimum Gasteiger partial charge on any atom is -0.502 e. The lowest BCUT2D eigenvalue weighted by atomic mass is 9.85.